The summed E-state index contributed by atoms with van der Waals surface area (Å²) in [5.74, 6) is 0.00525. The zero-order valence-corrected chi connectivity index (χ0v) is 16.5. The van der Waals surface area contributed by atoms with Gasteiger partial charge in [-0.05, 0) is 44.1 Å². The Morgan fingerprint density at radius 3 is 2.71 bits per heavy atom. The molecule has 1 aromatic carbocycles. The van der Waals surface area contributed by atoms with E-state index in [9.17, 15) is 9.90 Å². The first kappa shape index (κ1) is 19.5. The third-order valence-corrected chi connectivity index (χ3v) is 4.48. The van der Waals surface area contributed by atoms with E-state index in [0.29, 0.717) is 12.2 Å². The number of aromatic hydroxyl groups is 1. The Hall–Kier alpha value is -3.22. The largest absolute Gasteiger partial charge is 0.504 e. The summed E-state index contributed by atoms with van der Waals surface area (Å²) in [7, 11) is 1.43. The van der Waals surface area contributed by atoms with E-state index in [0.717, 1.165) is 17.0 Å². The Morgan fingerprint density at radius 2 is 2.04 bits per heavy atom. The van der Waals surface area contributed by atoms with Crippen LogP contribution in [0.4, 0.5) is 0 Å². The molecule has 2 heterocycles. The first-order valence-electron chi connectivity index (χ1n) is 9.09. The van der Waals surface area contributed by atoms with Crippen LogP contribution in [0, 0.1) is 0 Å². The normalized spacial score (nSPS) is 13.3. The molecule has 1 aliphatic rings. The molecule has 146 valence electrons. The van der Waals surface area contributed by atoms with Gasteiger partial charge in [-0.2, -0.15) is 0 Å². The quantitative estimate of drug-likeness (QED) is 0.587. The van der Waals surface area contributed by atoms with E-state index in [1.54, 1.807) is 18.3 Å². The molecule has 0 bridgehead atoms. The molecule has 7 nitrogen and oxygen atoms in total. The number of carbonyl (C=O) groups excluding carboxylic acids is 1. The second-order valence-corrected chi connectivity index (χ2v) is 6.73. The molecule has 0 radical (unpaired) electrons. The van der Waals surface area contributed by atoms with Crippen LogP contribution in [0.2, 0.25) is 0 Å². The molecule has 1 N–H and O–H groups in total. The zero-order valence-electron chi connectivity index (χ0n) is 16.5. The molecule has 0 unspecified atom stereocenters. The fourth-order valence-electron chi connectivity index (χ4n) is 3.18. The molecule has 3 rings (SSSR count). The predicted octanol–water partition coefficient (Wildman–Crippen LogP) is 3.18. The second-order valence-electron chi connectivity index (χ2n) is 6.73. The van der Waals surface area contributed by atoms with Gasteiger partial charge in [0.2, 0.25) is 5.71 Å². The third-order valence-electron chi connectivity index (χ3n) is 4.48. The van der Waals surface area contributed by atoms with E-state index in [2.05, 4.69) is 23.9 Å². The van der Waals surface area contributed by atoms with Crippen molar-refractivity contribution in [2.75, 3.05) is 7.11 Å². The van der Waals surface area contributed by atoms with Crippen LogP contribution >= 0.6 is 0 Å². The first-order valence-corrected chi connectivity index (χ1v) is 9.09. The molecular weight excluding hydrogens is 358 g/mol. The molecule has 7 heteroatoms. The number of hydrogen-bond donors (Lipinski definition) is 1. The average Bonchev–Trinajstić information content (AvgIpc) is 3.16. The Kier molecular flexibility index (Phi) is 5.73. The van der Waals surface area contributed by atoms with Gasteiger partial charge in [-0.1, -0.05) is 10.8 Å². The van der Waals surface area contributed by atoms with Crippen molar-refractivity contribution in [2.45, 2.75) is 39.8 Å². The first-order chi connectivity index (χ1) is 13.4. The third kappa shape index (κ3) is 3.74. The average molecular weight is 382 g/mol. The molecule has 0 aliphatic carbocycles. The second kappa shape index (κ2) is 8.21. The van der Waals surface area contributed by atoms with Crippen LogP contribution in [0.3, 0.4) is 0 Å². The number of nitrogens with zero attached hydrogens (tertiary/aromatic N) is 3. The number of Topliss-reactive ketones (excluding diaryl/α,β-unsaturated/α-hetero) is 1. The zero-order chi connectivity index (χ0) is 20.3. The van der Waals surface area contributed by atoms with Gasteiger partial charge >= 0.3 is 0 Å². The van der Waals surface area contributed by atoms with Crippen molar-refractivity contribution >= 4 is 17.7 Å². The van der Waals surface area contributed by atoms with Crippen LogP contribution in [-0.4, -0.2) is 45.6 Å². The fraction of sp³-hybridized carbons (Fsp3) is 0.333. The van der Waals surface area contributed by atoms with Gasteiger partial charge in [-0.15, -0.1) is 0 Å². The van der Waals surface area contributed by atoms with E-state index >= 15 is 0 Å². The van der Waals surface area contributed by atoms with Gasteiger partial charge in [0.15, 0.2) is 23.3 Å². The lowest BCUT2D eigenvalue weighted by atomic mass is 10.1. The summed E-state index contributed by atoms with van der Waals surface area (Å²) in [6.45, 7) is 5.72. The summed E-state index contributed by atoms with van der Waals surface area (Å²) in [5, 5.41) is 14.7. The Balaban J connectivity index is 1.93. The van der Waals surface area contributed by atoms with Crippen LogP contribution in [-0.2, 0) is 6.61 Å². The maximum absolute atomic E-state index is 12.0. The van der Waals surface area contributed by atoms with Crippen molar-refractivity contribution in [1.82, 2.24) is 4.98 Å². The van der Waals surface area contributed by atoms with E-state index in [1.807, 2.05) is 23.0 Å². The fourth-order valence-corrected chi connectivity index (χ4v) is 3.18. The molecule has 0 fully saturated rings. The van der Waals surface area contributed by atoms with Crippen molar-refractivity contribution in [3.8, 4) is 17.2 Å². The summed E-state index contributed by atoms with van der Waals surface area (Å²) in [6.07, 6.45) is 4.30. The summed E-state index contributed by atoms with van der Waals surface area (Å²) in [4.78, 5) is 16.6. The number of carbonyl (C=O) groups is 1. The Bertz CT molecular complexity index is 964. The maximum Gasteiger partial charge on any atom is 0.240 e. The maximum atomic E-state index is 12.0. The highest BCUT2D eigenvalue weighted by atomic mass is 16.5. The van der Waals surface area contributed by atoms with Crippen molar-refractivity contribution in [3.05, 3.63) is 47.3 Å². The van der Waals surface area contributed by atoms with E-state index in [-0.39, 0.29) is 35.5 Å². The molecule has 1 aliphatic heterocycles. The molecule has 0 amide bonds. The lowest BCUT2D eigenvalue weighted by Gasteiger charge is -2.14. The van der Waals surface area contributed by atoms with Crippen molar-refractivity contribution in [3.63, 3.8) is 0 Å². The number of hydrogen-bond acceptors (Lipinski definition) is 6. The highest BCUT2D eigenvalue weighted by Crippen LogP contribution is 2.37. The smallest absolute Gasteiger partial charge is 0.240 e. The highest BCUT2D eigenvalue weighted by molar-refractivity contribution is 6.05. The van der Waals surface area contributed by atoms with Gasteiger partial charge < -0.3 is 14.6 Å². The molecule has 0 atom stereocenters. The number of ether oxygens (including phenoxy) is 2. The number of pyridine rings is 1. The molecule has 0 spiro atoms. The van der Waals surface area contributed by atoms with E-state index in [4.69, 9.17) is 9.47 Å². The number of rotatable bonds is 7. The number of ketones is 1. The van der Waals surface area contributed by atoms with Crippen LogP contribution < -0.4 is 9.47 Å². The highest BCUT2D eigenvalue weighted by Gasteiger charge is 2.28. The van der Waals surface area contributed by atoms with Gasteiger partial charge in [0.1, 0.15) is 23.6 Å². The lowest BCUT2D eigenvalue weighted by Crippen LogP contribution is -2.22. The molecule has 0 saturated heterocycles. The number of phenolic OH excluding ortho intramolecular Hbond substituents is 1. The van der Waals surface area contributed by atoms with Gasteiger partial charge in [-0.3, -0.25) is 4.79 Å². The topological polar surface area (TPSA) is 84.0 Å². The van der Waals surface area contributed by atoms with Crippen LogP contribution in [0.25, 0.3) is 0 Å². The van der Waals surface area contributed by atoms with Crippen molar-refractivity contribution < 1.29 is 24.1 Å². The Morgan fingerprint density at radius 1 is 1.29 bits per heavy atom. The number of methoxy groups -OCH3 is 1. The van der Waals surface area contributed by atoms with Gasteiger partial charge in [0, 0.05) is 11.8 Å². The minimum Gasteiger partial charge on any atom is -0.504 e. The summed E-state index contributed by atoms with van der Waals surface area (Å²) in [6, 6.07) is 7.18. The molecule has 0 saturated carbocycles. The summed E-state index contributed by atoms with van der Waals surface area (Å²) in [5.41, 5.74) is 2.80. The molecule has 2 aromatic rings. The van der Waals surface area contributed by atoms with Gasteiger partial charge in [0.25, 0.3) is 0 Å². The van der Waals surface area contributed by atoms with Crippen molar-refractivity contribution in [1.29, 1.82) is 0 Å². The summed E-state index contributed by atoms with van der Waals surface area (Å²) < 4.78 is 12.9. The van der Waals surface area contributed by atoms with E-state index < -0.39 is 0 Å². The Labute approximate surface area is 164 Å². The molecule has 1 aromatic heterocycles. The van der Waals surface area contributed by atoms with Gasteiger partial charge in [0.05, 0.1) is 19.7 Å². The minimum absolute atomic E-state index is 0.102. The van der Waals surface area contributed by atoms with Crippen LogP contribution in [0.5, 0.6) is 17.2 Å². The number of hydrazone groups is 1. The van der Waals surface area contributed by atoms with Gasteiger partial charge in [-0.25, -0.2) is 4.98 Å². The number of benzene rings is 1. The number of aromatic nitrogens is 1. The molecular formula is C21H24N3O4+. The summed E-state index contributed by atoms with van der Waals surface area (Å²) >= 11 is 0. The minimum atomic E-state index is -0.303. The SMILES string of the molecule is COc1ccc(OCc2cccnc2C2=[N+](C(C)C)N=CC2)c(C(C)=O)c1O. The van der Waals surface area contributed by atoms with Crippen LogP contribution in [0.1, 0.15) is 48.8 Å². The predicted molar refractivity (Wildman–Crippen MR) is 106 cm³/mol. The van der Waals surface area contributed by atoms with E-state index in [1.165, 1.54) is 14.0 Å². The van der Waals surface area contributed by atoms with Crippen LogP contribution in [0.15, 0.2) is 35.6 Å². The molecule has 28 heavy (non-hydrogen) atoms. The lowest BCUT2D eigenvalue weighted by molar-refractivity contribution is -0.560. The monoisotopic (exact) mass is 382 g/mol. The number of phenols is 1. The van der Waals surface area contributed by atoms with Crippen molar-refractivity contribution in [2.24, 2.45) is 5.10 Å². The standard InChI is InChI=1S/C21H23N3O4/c1-13(2)24-16(9-11-23-24)20-15(6-5-10-22-20)12-28-17-7-8-18(27-4)21(26)19(17)14(3)25/h5-8,10-11,13H,9,12H2,1-4H3/p+1.